The van der Waals surface area contributed by atoms with Crippen LogP contribution in [-0.2, 0) is 6.42 Å². The summed E-state index contributed by atoms with van der Waals surface area (Å²) in [6.07, 6.45) is 0.675. The van der Waals surface area contributed by atoms with E-state index in [0.29, 0.717) is 24.1 Å². The highest BCUT2D eigenvalue weighted by molar-refractivity contribution is 8.00. The second-order valence-corrected chi connectivity index (χ2v) is 7.58. The van der Waals surface area contributed by atoms with E-state index in [1.807, 2.05) is 31.7 Å². The molecule has 25 heavy (non-hydrogen) atoms. The maximum atomic E-state index is 5.24. The van der Waals surface area contributed by atoms with Crippen molar-refractivity contribution in [2.45, 2.75) is 43.3 Å². The number of thioether (sulfide) groups is 1. The molecule has 0 saturated heterocycles. The van der Waals surface area contributed by atoms with Gasteiger partial charge in [0.15, 0.2) is 11.8 Å². The highest BCUT2D eigenvalue weighted by atomic mass is 32.2. The fraction of sp³-hybridized carbons (Fsp3) is 0.500. The number of nitrogens with one attached hydrogen (secondary N) is 2. The van der Waals surface area contributed by atoms with Gasteiger partial charge in [-0.15, -0.1) is 11.8 Å². The number of aliphatic imine (C=N–C) groups is 1. The van der Waals surface area contributed by atoms with Crippen LogP contribution in [0.25, 0.3) is 0 Å². The van der Waals surface area contributed by atoms with Crippen LogP contribution in [0.5, 0.6) is 0 Å². The molecule has 1 unspecified atom stereocenters. The first-order chi connectivity index (χ1) is 12.1. The van der Waals surface area contributed by atoms with E-state index < -0.39 is 0 Å². The highest BCUT2D eigenvalue weighted by Gasteiger charge is 2.10. The van der Waals surface area contributed by atoms with Crippen molar-refractivity contribution < 1.29 is 4.52 Å². The highest BCUT2D eigenvalue weighted by Crippen LogP contribution is 2.21. The molecule has 0 saturated carbocycles. The summed E-state index contributed by atoms with van der Waals surface area (Å²) in [6.45, 7) is 7.82. The minimum atomic E-state index is 0.281. The van der Waals surface area contributed by atoms with Crippen LogP contribution in [0.2, 0.25) is 0 Å². The number of guanidine groups is 1. The van der Waals surface area contributed by atoms with Crippen LogP contribution in [0.4, 0.5) is 0 Å². The minimum Gasteiger partial charge on any atom is -0.356 e. The standard InChI is InChI=1S/C18H27N5OS/c1-13(2)17-22-16(24-23-17)10-11-20-18(19-4)21-12-14(3)25-15-8-6-5-7-9-15/h5-9,13-14H,10-12H2,1-4H3,(H2,19,20,21). The Morgan fingerprint density at radius 1 is 1.20 bits per heavy atom. The van der Waals surface area contributed by atoms with Crippen LogP contribution >= 0.6 is 11.8 Å². The third-order valence-electron chi connectivity index (χ3n) is 3.49. The van der Waals surface area contributed by atoms with Gasteiger partial charge in [0.2, 0.25) is 5.89 Å². The second-order valence-electron chi connectivity index (χ2n) is 6.07. The van der Waals surface area contributed by atoms with Crippen LogP contribution in [0.3, 0.4) is 0 Å². The molecule has 1 atom stereocenters. The third-order valence-corrected chi connectivity index (χ3v) is 4.61. The van der Waals surface area contributed by atoms with E-state index in [1.54, 1.807) is 7.05 Å². The number of rotatable bonds is 8. The van der Waals surface area contributed by atoms with Gasteiger partial charge < -0.3 is 15.2 Å². The van der Waals surface area contributed by atoms with Gasteiger partial charge >= 0.3 is 0 Å². The average molecular weight is 362 g/mol. The first kappa shape index (κ1) is 19.3. The molecule has 0 spiro atoms. The van der Waals surface area contributed by atoms with Crippen molar-refractivity contribution >= 4 is 17.7 Å². The fourth-order valence-corrected chi connectivity index (χ4v) is 3.07. The lowest BCUT2D eigenvalue weighted by Gasteiger charge is -2.15. The van der Waals surface area contributed by atoms with Crippen molar-refractivity contribution in [1.82, 2.24) is 20.8 Å². The molecule has 0 aliphatic rings. The fourth-order valence-electron chi connectivity index (χ4n) is 2.13. The average Bonchev–Trinajstić information content (AvgIpc) is 3.08. The molecule has 0 amide bonds. The minimum absolute atomic E-state index is 0.281. The lowest BCUT2D eigenvalue weighted by atomic mass is 10.2. The van der Waals surface area contributed by atoms with Crippen LogP contribution in [0.1, 0.15) is 38.4 Å². The Kier molecular flexibility index (Phi) is 7.78. The molecular weight excluding hydrogens is 334 g/mol. The molecule has 1 heterocycles. The first-order valence-corrected chi connectivity index (χ1v) is 9.45. The molecule has 7 heteroatoms. The van der Waals surface area contributed by atoms with Gasteiger partial charge in [-0.25, -0.2) is 0 Å². The van der Waals surface area contributed by atoms with Gasteiger partial charge in [0.1, 0.15) is 0 Å². The Morgan fingerprint density at radius 2 is 1.96 bits per heavy atom. The van der Waals surface area contributed by atoms with Crippen molar-refractivity contribution in [3.05, 3.63) is 42.0 Å². The number of aromatic nitrogens is 2. The largest absolute Gasteiger partial charge is 0.356 e. The van der Waals surface area contributed by atoms with Gasteiger partial charge in [-0.3, -0.25) is 4.99 Å². The summed E-state index contributed by atoms with van der Waals surface area (Å²) in [5.41, 5.74) is 0. The Labute approximate surface area is 153 Å². The zero-order valence-corrected chi connectivity index (χ0v) is 16.1. The van der Waals surface area contributed by atoms with Gasteiger partial charge in [-0.05, 0) is 12.1 Å². The van der Waals surface area contributed by atoms with Gasteiger partial charge in [-0.2, -0.15) is 4.98 Å². The van der Waals surface area contributed by atoms with Gasteiger partial charge in [0.25, 0.3) is 0 Å². The number of hydrogen-bond donors (Lipinski definition) is 2. The SMILES string of the molecule is CN=C(NCCc1nc(C(C)C)no1)NCC(C)Sc1ccccc1. The third kappa shape index (κ3) is 6.78. The van der Waals surface area contributed by atoms with Crippen LogP contribution in [-0.4, -0.2) is 41.5 Å². The zero-order chi connectivity index (χ0) is 18.1. The maximum absolute atomic E-state index is 5.24. The van der Waals surface area contributed by atoms with E-state index in [-0.39, 0.29) is 5.92 Å². The molecule has 2 rings (SSSR count). The summed E-state index contributed by atoms with van der Waals surface area (Å²) in [5, 5.41) is 11.0. The van der Waals surface area contributed by atoms with E-state index in [4.69, 9.17) is 4.52 Å². The summed E-state index contributed by atoms with van der Waals surface area (Å²) in [5.74, 6) is 2.47. The molecule has 2 aromatic rings. The Morgan fingerprint density at radius 3 is 2.60 bits per heavy atom. The van der Waals surface area contributed by atoms with Crippen molar-refractivity contribution in [3.8, 4) is 0 Å². The molecule has 6 nitrogen and oxygen atoms in total. The zero-order valence-electron chi connectivity index (χ0n) is 15.3. The molecule has 136 valence electrons. The number of nitrogens with zero attached hydrogens (tertiary/aromatic N) is 3. The van der Waals surface area contributed by atoms with Gasteiger partial charge in [0, 0.05) is 42.6 Å². The van der Waals surface area contributed by atoms with E-state index in [0.717, 1.165) is 18.3 Å². The molecule has 1 aromatic carbocycles. The van der Waals surface area contributed by atoms with Crippen molar-refractivity contribution in [1.29, 1.82) is 0 Å². The first-order valence-electron chi connectivity index (χ1n) is 8.57. The second kappa shape index (κ2) is 10.1. The Hall–Kier alpha value is -2.02. The smallest absolute Gasteiger partial charge is 0.228 e. The molecule has 0 bridgehead atoms. The van der Waals surface area contributed by atoms with E-state index in [9.17, 15) is 0 Å². The Bertz CT molecular complexity index is 656. The number of hydrogen-bond acceptors (Lipinski definition) is 5. The molecule has 0 aliphatic carbocycles. The summed E-state index contributed by atoms with van der Waals surface area (Å²) in [6, 6.07) is 10.4. The van der Waals surface area contributed by atoms with E-state index in [1.165, 1.54) is 4.90 Å². The monoisotopic (exact) mass is 361 g/mol. The Balaban J connectivity index is 1.69. The lowest BCUT2D eigenvalue weighted by molar-refractivity contribution is 0.371. The number of benzene rings is 1. The lowest BCUT2D eigenvalue weighted by Crippen LogP contribution is -2.40. The predicted octanol–water partition coefficient (Wildman–Crippen LogP) is 3.08. The molecule has 2 N–H and O–H groups in total. The molecule has 0 radical (unpaired) electrons. The molecule has 1 aromatic heterocycles. The van der Waals surface area contributed by atoms with Crippen molar-refractivity contribution in [2.24, 2.45) is 4.99 Å². The van der Waals surface area contributed by atoms with E-state index in [2.05, 4.69) is 57.0 Å². The molecule has 0 fully saturated rings. The molecular formula is C18H27N5OS. The van der Waals surface area contributed by atoms with Gasteiger partial charge in [0.05, 0.1) is 0 Å². The van der Waals surface area contributed by atoms with Crippen LogP contribution in [0.15, 0.2) is 44.7 Å². The summed E-state index contributed by atoms with van der Waals surface area (Å²) >= 11 is 1.84. The summed E-state index contributed by atoms with van der Waals surface area (Å²) in [7, 11) is 1.77. The van der Waals surface area contributed by atoms with Crippen LogP contribution < -0.4 is 10.6 Å². The summed E-state index contributed by atoms with van der Waals surface area (Å²) in [4.78, 5) is 9.90. The topological polar surface area (TPSA) is 75.3 Å². The molecule has 0 aliphatic heterocycles. The normalized spacial score (nSPS) is 13.1. The van der Waals surface area contributed by atoms with E-state index >= 15 is 0 Å². The van der Waals surface area contributed by atoms with Crippen molar-refractivity contribution in [2.75, 3.05) is 20.1 Å². The van der Waals surface area contributed by atoms with Crippen LogP contribution in [0, 0.1) is 0 Å². The predicted molar refractivity (Wildman–Crippen MR) is 103 cm³/mol. The quantitative estimate of drug-likeness (QED) is 0.427. The van der Waals surface area contributed by atoms with Crippen molar-refractivity contribution in [3.63, 3.8) is 0 Å². The summed E-state index contributed by atoms with van der Waals surface area (Å²) < 4.78 is 5.24. The van der Waals surface area contributed by atoms with Gasteiger partial charge in [-0.1, -0.05) is 44.1 Å². The maximum Gasteiger partial charge on any atom is 0.228 e.